The minimum absolute atomic E-state index is 0.0393. The lowest BCUT2D eigenvalue weighted by molar-refractivity contribution is -0.384. The highest BCUT2D eigenvalue weighted by Crippen LogP contribution is 2.41. The minimum Gasteiger partial charge on any atom is -0.494 e. The third-order valence-corrected chi connectivity index (χ3v) is 6.88. The molecule has 3 N–H and O–H groups in total. The van der Waals surface area contributed by atoms with E-state index in [0.29, 0.717) is 55.9 Å². The van der Waals surface area contributed by atoms with Gasteiger partial charge in [0.25, 0.3) is 5.69 Å². The molecule has 0 aliphatic heterocycles. The standard InChI is InChI=1S/C32H43N7O6/c1-22(19-32(2,3)4)14-30(42)35-26-17-28(38(10-6-8-12-40)11-7-9-13-41)29(45-5)18-27(26)36-37-31-23(20-33)15-25(39(43)44)16-24(31)21-34/h15-18,22,40-41H,6-14,19H2,1-5H3,(H,35,42). The van der Waals surface area contributed by atoms with Gasteiger partial charge in [0.05, 0.1) is 34.5 Å². The smallest absolute Gasteiger partial charge is 0.272 e. The molecular weight excluding hydrogens is 578 g/mol. The highest BCUT2D eigenvalue weighted by atomic mass is 16.6. The number of ether oxygens (including phenoxy) is 1. The molecule has 1 unspecified atom stereocenters. The number of anilines is 2. The van der Waals surface area contributed by atoms with Crippen molar-refractivity contribution in [3.63, 3.8) is 0 Å². The fraction of sp³-hybridized carbons (Fsp3) is 0.531. The van der Waals surface area contributed by atoms with E-state index in [1.54, 1.807) is 12.1 Å². The Morgan fingerprint density at radius 3 is 2.09 bits per heavy atom. The van der Waals surface area contributed by atoms with E-state index in [4.69, 9.17) is 4.74 Å². The van der Waals surface area contributed by atoms with Gasteiger partial charge in [-0.15, -0.1) is 10.2 Å². The van der Waals surface area contributed by atoms with Gasteiger partial charge in [0.2, 0.25) is 5.91 Å². The van der Waals surface area contributed by atoms with Crippen LogP contribution in [0.3, 0.4) is 0 Å². The summed E-state index contributed by atoms with van der Waals surface area (Å²) in [5, 5.41) is 60.6. The second kappa shape index (κ2) is 17.6. The van der Waals surface area contributed by atoms with E-state index in [-0.39, 0.29) is 59.4 Å². The second-order valence-electron chi connectivity index (χ2n) is 12.1. The molecule has 0 saturated heterocycles. The molecule has 2 aromatic carbocycles. The summed E-state index contributed by atoms with van der Waals surface area (Å²) in [4.78, 5) is 25.9. The maximum atomic E-state index is 13.3. The SMILES string of the molecule is COc1cc(N=Nc2c(C#N)cc([N+](=O)[O-])cc2C#N)c(NC(=O)CC(C)CC(C)(C)C)cc1N(CCCCO)CCCCO. The molecule has 2 rings (SSSR count). The maximum absolute atomic E-state index is 13.3. The molecule has 13 heteroatoms. The number of nitro groups is 1. The van der Waals surface area contributed by atoms with Crippen LogP contribution in [0.1, 0.15) is 77.3 Å². The summed E-state index contributed by atoms with van der Waals surface area (Å²) in [6, 6.07) is 9.03. The third kappa shape index (κ3) is 11.4. The summed E-state index contributed by atoms with van der Waals surface area (Å²) in [7, 11) is 1.49. The van der Waals surface area contributed by atoms with Crippen LogP contribution < -0.4 is 15.0 Å². The first-order valence-corrected chi connectivity index (χ1v) is 14.9. The van der Waals surface area contributed by atoms with Crippen molar-refractivity contribution in [2.45, 2.75) is 66.2 Å². The molecule has 1 atom stereocenters. The quantitative estimate of drug-likeness (QED) is 0.0762. The lowest BCUT2D eigenvalue weighted by Gasteiger charge is -2.28. The molecule has 242 valence electrons. The number of rotatable bonds is 17. The molecule has 0 aliphatic carbocycles. The molecular formula is C32H43N7O6. The number of methoxy groups -OCH3 is 1. The average Bonchev–Trinajstić information content (AvgIpc) is 2.98. The lowest BCUT2D eigenvalue weighted by atomic mass is 9.84. The van der Waals surface area contributed by atoms with Crippen LogP contribution in [0.2, 0.25) is 0 Å². The Balaban J connectivity index is 2.66. The van der Waals surface area contributed by atoms with Crippen LogP contribution in [0.25, 0.3) is 0 Å². The van der Waals surface area contributed by atoms with Crippen LogP contribution in [0.15, 0.2) is 34.5 Å². The van der Waals surface area contributed by atoms with Crippen molar-refractivity contribution in [3.05, 3.63) is 45.5 Å². The Hall–Kier alpha value is -4.59. The van der Waals surface area contributed by atoms with Gasteiger partial charge in [-0.3, -0.25) is 14.9 Å². The van der Waals surface area contributed by atoms with E-state index in [2.05, 4.69) is 41.2 Å². The first-order valence-electron chi connectivity index (χ1n) is 14.9. The highest BCUT2D eigenvalue weighted by Gasteiger charge is 2.22. The zero-order valence-electron chi connectivity index (χ0n) is 26.7. The molecule has 0 fully saturated rings. The number of unbranched alkanes of at least 4 members (excludes halogenated alkanes) is 2. The Morgan fingerprint density at radius 1 is 1.04 bits per heavy atom. The van der Waals surface area contributed by atoms with E-state index < -0.39 is 10.6 Å². The number of non-ortho nitro benzene ring substituents is 1. The molecule has 0 aromatic heterocycles. The number of nitrogens with one attached hydrogen (secondary N) is 1. The van der Waals surface area contributed by atoms with Crippen molar-refractivity contribution in [3.8, 4) is 17.9 Å². The second-order valence-corrected chi connectivity index (χ2v) is 12.1. The molecule has 0 radical (unpaired) electrons. The molecule has 0 saturated carbocycles. The first-order chi connectivity index (χ1) is 21.4. The normalized spacial score (nSPS) is 11.9. The molecule has 1 amide bonds. The van der Waals surface area contributed by atoms with Crippen LogP contribution in [-0.4, -0.2) is 54.5 Å². The monoisotopic (exact) mass is 621 g/mol. The fourth-order valence-corrected chi connectivity index (χ4v) is 5.07. The zero-order chi connectivity index (χ0) is 33.6. The number of nitriles is 2. The Bertz CT molecular complexity index is 1390. The van der Waals surface area contributed by atoms with Gasteiger partial charge in [-0.05, 0) is 49.5 Å². The lowest BCUT2D eigenvalue weighted by Crippen LogP contribution is -2.27. The van der Waals surface area contributed by atoms with Crippen molar-refractivity contribution >= 4 is 34.3 Å². The van der Waals surface area contributed by atoms with E-state index in [0.717, 1.165) is 18.6 Å². The van der Waals surface area contributed by atoms with Crippen molar-refractivity contribution in [2.24, 2.45) is 21.6 Å². The summed E-state index contributed by atoms with van der Waals surface area (Å²) in [5.74, 6) is 0.274. The Kier molecular flexibility index (Phi) is 14.3. The molecule has 0 spiro atoms. The molecule has 45 heavy (non-hydrogen) atoms. The van der Waals surface area contributed by atoms with E-state index in [1.165, 1.54) is 7.11 Å². The van der Waals surface area contributed by atoms with Crippen molar-refractivity contribution in [2.75, 3.05) is 43.6 Å². The first kappa shape index (κ1) is 36.6. The topological polar surface area (TPSA) is 197 Å². The van der Waals surface area contributed by atoms with E-state index in [9.17, 15) is 35.6 Å². The summed E-state index contributed by atoms with van der Waals surface area (Å²) in [5.41, 5.74) is 0.239. The number of aliphatic hydroxyl groups is 2. The molecule has 13 nitrogen and oxygen atoms in total. The number of carbonyl (C=O) groups is 1. The van der Waals surface area contributed by atoms with Gasteiger partial charge in [0.15, 0.2) is 0 Å². The van der Waals surface area contributed by atoms with Gasteiger partial charge < -0.3 is 25.2 Å². The van der Waals surface area contributed by atoms with Crippen molar-refractivity contribution in [1.82, 2.24) is 0 Å². The third-order valence-electron chi connectivity index (χ3n) is 6.88. The number of benzene rings is 2. The van der Waals surface area contributed by atoms with Gasteiger partial charge in [-0.1, -0.05) is 27.7 Å². The maximum Gasteiger partial charge on any atom is 0.272 e. The van der Waals surface area contributed by atoms with Gasteiger partial charge in [-0.25, -0.2) is 0 Å². The van der Waals surface area contributed by atoms with Crippen LogP contribution in [0.4, 0.5) is 28.4 Å². The highest BCUT2D eigenvalue weighted by molar-refractivity contribution is 5.95. The molecule has 2 aromatic rings. The van der Waals surface area contributed by atoms with Crippen LogP contribution >= 0.6 is 0 Å². The van der Waals surface area contributed by atoms with Gasteiger partial charge in [-0.2, -0.15) is 10.5 Å². The Morgan fingerprint density at radius 2 is 1.62 bits per heavy atom. The molecule has 0 heterocycles. The number of nitrogens with zero attached hydrogens (tertiary/aromatic N) is 6. The van der Waals surface area contributed by atoms with E-state index >= 15 is 0 Å². The van der Waals surface area contributed by atoms with Crippen LogP contribution in [0, 0.1) is 44.1 Å². The largest absolute Gasteiger partial charge is 0.494 e. The van der Waals surface area contributed by atoms with Gasteiger partial charge in [0.1, 0.15) is 29.3 Å². The Labute approximate surface area is 264 Å². The van der Waals surface area contributed by atoms with Crippen molar-refractivity contribution in [1.29, 1.82) is 10.5 Å². The predicted octanol–water partition coefficient (Wildman–Crippen LogP) is 6.51. The summed E-state index contributed by atoms with van der Waals surface area (Å²) in [6.07, 6.45) is 3.67. The average molecular weight is 622 g/mol. The number of hydrogen-bond acceptors (Lipinski definition) is 11. The molecule has 0 bridgehead atoms. The van der Waals surface area contributed by atoms with Crippen molar-refractivity contribution < 1.29 is 24.7 Å². The number of hydrogen-bond donors (Lipinski definition) is 3. The van der Waals surface area contributed by atoms with Gasteiger partial charge >= 0.3 is 0 Å². The minimum atomic E-state index is -0.701. The summed E-state index contributed by atoms with van der Waals surface area (Å²) < 4.78 is 5.71. The van der Waals surface area contributed by atoms with Crippen LogP contribution in [0.5, 0.6) is 5.75 Å². The zero-order valence-corrected chi connectivity index (χ0v) is 26.7. The summed E-state index contributed by atoms with van der Waals surface area (Å²) >= 11 is 0. The van der Waals surface area contributed by atoms with E-state index in [1.807, 2.05) is 19.1 Å². The number of azo groups is 1. The number of nitro benzene ring substituents is 1. The summed E-state index contributed by atoms with van der Waals surface area (Å²) in [6.45, 7) is 9.61. The predicted molar refractivity (Wildman–Crippen MR) is 171 cm³/mol. The van der Waals surface area contributed by atoms with Gasteiger partial charge in [0, 0.05) is 50.9 Å². The number of aliphatic hydroxyl groups excluding tert-OH is 2. The fourth-order valence-electron chi connectivity index (χ4n) is 5.07. The number of carbonyl (C=O) groups excluding carboxylic acids is 1. The number of amides is 1. The van der Waals surface area contributed by atoms with Crippen LogP contribution in [-0.2, 0) is 4.79 Å². The molecule has 0 aliphatic rings.